The summed E-state index contributed by atoms with van der Waals surface area (Å²) in [5.74, 6) is -2.29. The Morgan fingerprint density at radius 1 is 1.38 bits per heavy atom. The van der Waals surface area contributed by atoms with Gasteiger partial charge in [-0.3, -0.25) is 4.79 Å². The Morgan fingerprint density at radius 3 is 2.44 bits per heavy atom. The lowest BCUT2D eigenvalue weighted by Gasteiger charge is -2.12. The number of carboxylic acids is 1. The highest BCUT2D eigenvalue weighted by Crippen LogP contribution is 2.33. The van der Waals surface area contributed by atoms with Crippen LogP contribution in [0, 0.1) is 5.82 Å². The van der Waals surface area contributed by atoms with Gasteiger partial charge in [0.2, 0.25) is 0 Å². The third kappa shape index (κ3) is 2.24. The van der Waals surface area contributed by atoms with Crippen LogP contribution in [0.15, 0.2) is 12.1 Å². The standard InChI is InChI=1S/C11H13FO4/c1-6(11(13)14)7-4-8(12)10(16-3)9(5-7)15-2/h4-6H,1-3H3,(H,13,14). The summed E-state index contributed by atoms with van der Waals surface area (Å²) in [6.07, 6.45) is 0. The van der Waals surface area contributed by atoms with Crippen LogP contribution in [-0.2, 0) is 4.79 Å². The van der Waals surface area contributed by atoms with Gasteiger partial charge in [-0.05, 0) is 24.6 Å². The fraction of sp³-hybridized carbons (Fsp3) is 0.364. The van der Waals surface area contributed by atoms with Gasteiger partial charge < -0.3 is 14.6 Å². The van der Waals surface area contributed by atoms with Gasteiger partial charge in [-0.2, -0.15) is 0 Å². The monoisotopic (exact) mass is 228 g/mol. The van der Waals surface area contributed by atoms with E-state index in [-0.39, 0.29) is 11.5 Å². The lowest BCUT2D eigenvalue weighted by atomic mass is 10.0. The second-order valence-corrected chi connectivity index (χ2v) is 3.30. The number of methoxy groups -OCH3 is 2. The maximum Gasteiger partial charge on any atom is 0.310 e. The van der Waals surface area contributed by atoms with Gasteiger partial charge in [-0.15, -0.1) is 0 Å². The highest BCUT2D eigenvalue weighted by atomic mass is 19.1. The Labute approximate surface area is 92.6 Å². The first kappa shape index (κ1) is 12.3. The number of carboxylic acid groups (broad SMARTS) is 1. The van der Waals surface area contributed by atoms with Crippen LogP contribution in [0.2, 0.25) is 0 Å². The van der Waals surface area contributed by atoms with Crippen LogP contribution < -0.4 is 9.47 Å². The van der Waals surface area contributed by atoms with E-state index in [1.165, 1.54) is 27.2 Å². The van der Waals surface area contributed by atoms with Crippen molar-refractivity contribution in [3.8, 4) is 11.5 Å². The van der Waals surface area contributed by atoms with E-state index in [1.54, 1.807) is 0 Å². The number of rotatable bonds is 4. The molecule has 0 bridgehead atoms. The first-order chi connectivity index (χ1) is 7.51. The SMILES string of the molecule is COc1cc(C(C)C(=O)O)cc(F)c1OC. The minimum atomic E-state index is -1.02. The second kappa shape index (κ2) is 4.83. The number of halogens is 1. The van der Waals surface area contributed by atoms with Gasteiger partial charge in [0, 0.05) is 0 Å². The van der Waals surface area contributed by atoms with Gasteiger partial charge >= 0.3 is 5.97 Å². The second-order valence-electron chi connectivity index (χ2n) is 3.30. The van der Waals surface area contributed by atoms with Crippen molar-refractivity contribution in [3.63, 3.8) is 0 Å². The van der Waals surface area contributed by atoms with E-state index in [2.05, 4.69) is 0 Å². The molecule has 0 amide bonds. The molecule has 0 aliphatic carbocycles. The van der Waals surface area contributed by atoms with E-state index < -0.39 is 17.7 Å². The van der Waals surface area contributed by atoms with Gasteiger partial charge in [0.15, 0.2) is 17.3 Å². The Balaban J connectivity index is 3.25. The fourth-order valence-corrected chi connectivity index (χ4v) is 1.33. The topological polar surface area (TPSA) is 55.8 Å². The molecule has 5 heteroatoms. The van der Waals surface area contributed by atoms with Gasteiger partial charge in [-0.1, -0.05) is 0 Å². The van der Waals surface area contributed by atoms with Crippen LogP contribution in [-0.4, -0.2) is 25.3 Å². The van der Waals surface area contributed by atoms with Crippen LogP contribution in [0.4, 0.5) is 4.39 Å². The fourth-order valence-electron chi connectivity index (χ4n) is 1.33. The number of benzene rings is 1. The first-order valence-corrected chi connectivity index (χ1v) is 4.65. The molecule has 4 nitrogen and oxygen atoms in total. The van der Waals surface area contributed by atoms with E-state index in [1.807, 2.05) is 0 Å². The zero-order valence-corrected chi connectivity index (χ0v) is 9.28. The minimum Gasteiger partial charge on any atom is -0.493 e. The molecule has 88 valence electrons. The highest BCUT2D eigenvalue weighted by molar-refractivity contribution is 5.76. The van der Waals surface area contributed by atoms with Crippen molar-refractivity contribution in [2.75, 3.05) is 14.2 Å². The number of aliphatic carboxylic acids is 1. The van der Waals surface area contributed by atoms with Crippen LogP contribution in [0.3, 0.4) is 0 Å². The predicted octanol–water partition coefficient (Wildman–Crippen LogP) is 2.03. The van der Waals surface area contributed by atoms with Crippen LogP contribution in [0.5, 0.6) is 11.5 Å². The maximum absolute atomic E-state index is 13.5. The van der Waals surface area contributed by atoms with Crippen molar-refractivity contribution in [3.05, 3.63) is 23.5 Å². The molecular formula is C11H13FO4. The van der Waals surface area contributed by atoms with Crippen molar-refractivity contribution in [1.82, 2.24) is 0 Å². The summed E-state index contributed by atoms with van der Waals surface area (Å²) in [7, 11) is 2.69. The lowest BCUT2D eigenvalue weighted by Crippen LogP contribution is -2.08. The zero-order valence-electron chi connectivity index (χ0n) is 9.28. The summed E-state index contributed by atoms with van der Waals surface area (Å²) in [6.45, 7) is 1.48. The molecule has 1 atom stereocenters. The van der Waals surface area contributed by atoms with E-state index in [9.17, 15) is 9.18 Å². The largest absolute Gasteiger partial charge is 0.493 e. The smallest absolute Gasteiger partial charge is 0.310 e. The Kier molecular flexibility index (Phi) is 3.71. The molecule has 1 aromatic rings. The van der Waals surface area contributed by atoms with Gasteiger partial charge in [0.05, 0.1) is 20.1 Å². The maximum atomic E-state index is 13.5. The molecule has 0 radical (unpaired) electrons. The molecule has 0 fully saturated rings. The molecule has 0 aliphatic rings. The molecule has 0 saturated carbocycles. The van der Waals surface area contributed by atoms with Crippen molar-refractivity contribution < 1.29 is 23.8 Å². The molecule has 1 unspecified atom stereocenters. The summed E-state index contributed by atoms with van der Waals surface area (Å²) in [6, 6.07) is 2.60. The van der Waals surface area contributed by atoms with E-state index in [0.717, 1.165) is 6.07 Å². The Hall–Kier alpha value is -1.78. The summed E-state index contributed by atoms with van der Waals surface area (Å²) in [5.41, 5.74) is 0.336. The number of carbonyl (C=O) groups is 1. The molecular weight excluding hydrogens is 215 g/mol. The van der Waals surface area contributed by atoms with E-state index in [4.69, 9.17) is 14.6 Å². The van der Waals surface area contributed by atoms with Crippen molar-refractivity contribution in [2.45, 2.75) is 12.8 Å². The summed E-state index contributed by atoms with van der Waals surface area (Å²) in [4.78, 5) is 10.8. The lowest BCUT2D eigenvalue weighted by molar-refractivity contribution is -0.138. The van der Waals surface area contributed by atoms with Crippen LogP contribution in [0.25, 0.3) is 0 Å². The summed E-state index contributed by atoms with van der Waals surface area (Å²) < 4.78 is 23.3. The predicted molar refractivity (Wildman–Crippen MR) is 55.6 cm³/mol. The normalized spacial score (nSPS) is 12.0. The number of ether oxygens (including phenoxy) is 2. The molecule has 1 aromatic carbocycles. The molecule has 0 saturated heterocycles. The third-order valence-electron chi connectivity index (χ3n) is 2.33. The van der Waals surface area contributed by atoms with Crippen LogP contribution >= 0.6 is 0 Å². The molecule has 0 aromatic heterocycles. The van der Waals surface area contributed by atoms with Crippen molar-refractivity contribution >= 4 is 5.97 Å². The van der Waals surface area contributed by atoms with Gasteiger partial charge in [-0.25, -0.2) is 4.39 Å². The molecule has 1 N–H and O–H groups in total. The van der Waals surface area contributed by atoms with Crippen molar-refractivity contribution in [2.24, 2.45) is 0 Å². The summed E-state index contributed by atoms with van der Waals surface area (Å²) >= 11 is 0. The quantitative estimate of drug-likeness (QED) is 0.856. The van der Waals surface area contributed by atoms with Crippen molar-refractivity contribution in [1.29, 1.82) is 0 Å². The van der Waals surface area contributed by atoms with Gasteiger partial charge in [0.1, 0.15) is 0 Å². The number of hydrogen-bond acceptors (Lipinski definition) is 3. The molecule has 0 heterocycles. The van der Waals surface area contributed by atoms with E-state index in [0.29, 0.717) is 5.56 Å². The Morgan fingerprint density at radius 2 is 2.00 bits per heavy atom. The molecule has 0 spiro atoms. The highest BCUT2D eigenvalue weighted by Gasteiger charge is 2.19. The Bertz CT molecular complexity index is 403. The van der Waals surface area contributed by atoms with Gasteiger partial charge in [0.25, 0.3) is 0 Å². The molecule has 1 rings (SSSR count). The average Bonchev–Trinajstić information content (AvgIpc) is 2.26. The third-order valence-corrected chi connectivity index (χ3v) is 2.33. The minimum absolute atomic E-state index is 0.0242. The van der Waals surface area contributed by atoms with Crippen LogP contribution in [0.1, 0.15) is 18.4 Å². The van der Waals surface area contributed by atoms with E-state index >= 15 is 0 Å². The number of hydrogen-bond donors (Lipinski definition) is 1. The summed E-state index contributed by atoms with van der Waals surface area (Å²) in [5, 5.41) is 8.82. The first-order valence-electron chi connectivity index (χ1n) is 4.65. The zero-order chi connectivity index (χ0) is 12.3. The molecule has 16 heavy (non-hydrogen) atoms. The molecule has 0 aliphatic heterocycles. The average molecular weight is 228 g/mol.